The van der Waals surface area contributed by atoms with Crippen LogP contribution in [0.25, 0.3) is 0 Å². The zero-order valence-electron chi connectivity index (χ0n) is 11.1. The van der Waals surface area contributed by atoms with Crippen LogP contribution in [0.3, 0.4) is 0 Å². The van der Waals surface area contributed by atoms with E-state index in [0.717, 1.165) is 22.9 Å². The molecule has 4 heteroatoms. The molecule has 0 radical (unpaired) electrons. The average molecular weight is 325 g/mol. The number of benzene rings is 1. The highest BCUT2D eigenvalue weighted by molar-refractivity contribution is 9.10. The molecule has 1 aromatic carbocycles. The van der Waals surface area contributed by atoms with Gasteiger partial charge in [0.05, 0.1) is 6.42 Å². The summed E-state index contributed by atoms with van der Waals surface area (Å²) in [5, 5.41) is 2.98. The van der Waals surface area contributed by atoms with Gasteiger partial charge < -0.3 is 11.1 Å². The van der Waals surface area contributed by atoms with Crippen LogP contribution in [0.1, 0.15) is 37.7 Å². The maximum atomic E-state index is 11.9. The molecule has 0 spiro atoms. The number of rotatable bonds is 4. The Hall–Kier alpha value is -0.870. The Morgan fingerprint density at radius 2 is 1.84 bits per heavy atom. The van der Waals surface area contributed by atoms with Crippen molar-refractivity contribution >= 4 is 21.8 Å². The zero-order chi connectivity index (χ0) is 13.7. The van der Waals surface area contributed by atoms with Gasteiger partial charge in [-0.15, -0.1) is 0 Å². The molecule has 0 bridgehead atoms. The summed E-state index contributed by atoms with van der Waals surface area (Å²) < 4.78 is 1.03. The zero-order valence-corrected chi connectivity index (χ0v) is 12.7. The summed E-state index contributed by atoms with van der Waals surface area (Å²) in [7, 11) is 0. The van der Waals surface area contributed by atoms with Gasteiger partial charge in [-0.05, 0) is 30.5 Å². The van der Waals surface area contributed by atoms with Crippen LogP contribution in [0.2, 0.25) is 0 Å². The lowest BCUT2D eigenvalue weighted by Crippen LogP contribution is -2.51. The van der Waals surface area contributed by atoms with Crippen LogP contribution in [0.5, 0.6) is 0 Å². The molecular formula is C15H21BrN2O. The van der Waals surface area contributed by atoms with Crippen LogP contribution in [-0.4, -0.2) is 18.0 Å². The molecule has 19 heavy (non-hydrogen) atoms. The highest BCUT2D eigenvalue weighted by atomic mass is 79.9. The Kier molecular flexibility index (Phi) is 4.99. The predicted octanol–water partition coefficient (Wildman–Crippen LogP) is 2.77. The van der Waals surface area contributed by atoms with Gasteiger partial charge in [0.1, 0.15) is 0 Å². The summed E-state index contributed by atoms with van der Waals surface area (Å²) in [4.78, 5) is 11.9. The average Bonchev–Trinajstić information content (AvgIpc) is 2.40. The molecule has 1 fully saturated rings. The largest absolute Gasteiger partial charge is 0.354 e. The van der Waals surface area contributed by atoms with E-state index in [1.807, 2.05) is 24.3 Å². The molecule has 0 aromatic heterocycles. The Bertz CT molecular complexity index is 424. The molecule has 3 N–H and O–H groups in total. The third-order valence-corrected chi connectivity index (χ3v) is 4.29. The van der Waals surface area contributed by atoms with Crippen LogP contribution in [0.4, 0.5) is 0 Å². The Morgan fingerprint density at radius 1 is 1.21 bits per heavy atom. The van der Waals surface area contributed by atoms with Crippen molar-refractivity contribution in [3.63, 3.8) is 0 Å². The van der Waals surface area contributed by atoms with Crippen molar-refractivity contribution < 1.29 is 4.79 Å². The maximum Gasteiger partial charge on any atom is 0.224 e. The van der Waals surface area contributed by atoms with Gasteiger partial charge >= 0.3 is 0 Å². The van der Waals surface area contributed by atoms with Crippen molar-refractivity contribution in [2.45, 2.75) is 44.1 Å². The summed E-state index contributed by atoms with van der Waals surface area (Å²) in [5.41, 5.74) is 7.14. The molecule has 0 unspecified atom stereocenters. The number of carbonyl (C=O) groups is 1. The van der Waals surface area contributed by atoms with Gasteiger partial charge in [0.15, 0.2) is 0 Å². The maximum absolute atomic E-state index is 11.9. The number of nitrogens with one attached hydrogen (secondary N) is 1. The van der Waals surface area contributed by atoms with Crippen LogP contribution in [0.15, 0.2) is 28.7 Å². The number of amides is 1. The summed E-state index contributed by atoms with van der Waals surface area (Å²) in [6.07, 6.45) is 6.09. The highest BCUT2D eigenvalue weighted by Gasteiger charge is 2.27. The highest BCUT2D eigenvalue weighted by Crippen LogP contribution is 2.25. The lowest BCUT2D eigenvalue weighted by Gasteiger charge is -2.33. The van der Waals surface area contributed by atoms with Gasteiger partial charge in [-0.1, -0.05) is 47.3 Å². The van der Waals surface area contributed by atoms with Crippen molar-refractivity contribution in [1.29, 1.82) is 0 Å². The van der Waals surface area contributed by atoms with Gasteiger partial charge in [0.25, 0.3) is 0 Å². The summed E-state index contributed by atoms with van der Waals surface area (Å²) in [5.74, 6) is 0.0534. The minimum absolute atomic E-state index is 0.0534. The number of nitrogens with two attached hydrogens (primary N) is 1. The van der Waals surface area contributed by atoms with E-state index in [-0.39, 0.29) is 11.4 Å². The lowest BCUT2D eigenvalue weighted by atomic mass is 9.82. The van der Waals surface area contributed by atoms with E-state index in [2.05, 4.69) is 21.2 Å². The second-order valence-electron chi connectivity index (χ2n) is 5.50. The van der Waals surface area contributed by atoms with Crippen LogP contribution < -0.4 is 11.1 Å². The minimum atomic E-state index is -0.187. The fourth-order valence-corrected chi connectivity index (χ4v) is 2.82. The SMILES string of the molecule is NC1(CNC(=O)Cc2ccc(Br)cc2)CCCCC1. The van der Waals surface area contributed by atoms with Crippen molar-refractivity contribution in [2.75, 3.05) is 6.54 Å². The molecule has 1 amide bonds. The van der Waals surface area contributed by atoms with Crippen LogP contribution >= 0.6 is 15.9 Å². The number of carbonyl (C=O) groups excluding carboxylic acids is 1. The minimum Gasteiger partial charge on any atom is -0.354 e. The van der Waals surface area contributed by atoms with Crippen molar-refractivity contribution in [1.82, 2.24) is 5.32 Å². The molecule has 0 heterocycles. The normalized spacial score (nSPS) is 18.0. The number of hydrogen-bond acceptors (Lipinski definition) is 2. The quantitative estimate of drug-likeness (QED) is 0.894. The van der Waals surface area contributed by atoms with Gasteiger partial charge in [0.2, 0.25) is 5.91 Å². The molecule has 104 valence electrons. The van der Waals surface area contributed by atoms with Gasteiger partial charge in [-0.25, -0.2) is 0 Å². The first-order chi connectivity index (χ1) is 9.07. The Labute approximate surface area is 123 Å². The van der Waals surface area contributed by atoms with E-state index in [4.69, 9.17) is 5.73 Å². The van der Waals surface area contributed by atoms with E-state index in [9.17, 15) is 4.79 Å². The summed E-state index contributed by atoms with van der Waals surface area (Å²) in [6.45, 7) is 0.600. The molecular weight excluding hydrogens is 304 g/mol. The number of hydrogen-bond donors (Lipinski definition) is 2. The first-order valence-electron chi connectivity index (χ1n) is 6.87. The van der Waals surface area contributed by atoms with Crippen LogP contribution in [0, 0.1) is 0 Å². The van der Waals surface area contributed by atoms with E-state index < -0.39 is 0 Å². The van der Waals surface area contributed by atoms with E-state index in [1.54, 1.807) is 0 Å². The Morgan fingerprint density at radius 3 is 2.47 bits per heavy atom. The number of halogens is 1. The molecule has 1 aliphatic carbocycles. The van der Waals surface area contributed by atoms with Gasteiger partial charge in [-0.2, -0.15) is 0 Å². The standard InChI is InChI=1S/C15H21BrN2O/c16-13-6-4-12(5-7-13)10-14(19)18-11-15(17)8-2-1-3-9-15/h4-7H,1-3,8-11,17H2,(H,18,19). The molecule has 1 saturated carbocycles. The van der Waals surface area contributed by atoms with Crippen LogP contribution in [-0.2, 0) is 11.2 Å². The second-order valence-corrected chi connectivity index (χ2v) is 6.42. The second kappa shape index (κ2) is 6.53. The van der Waals surface area contributed by atoms with Crippen molar-refractivity contribution in [2.24, 2.45) is 5.73 Å². The van der Waals surface area contributed by atoms with Crippen molar-refractivity contribution in [3.05, 3.63) is 34.3 Å². The first kappa shape index (κ1) is 14.5. The molecule has 2 rings (SSSR count). The summed E-state index contributed by atoms with van der Waals surface area (Å²) >= 11 is 3.38. The third kappa shape index (κ3) is 4.62. The summed E-state index contributed by atoms with van der Waals surface area (Å²) in [6, 6.07) is 7.83. The van der Waals surface area contributed by atoms with E-state index in [1.165, 1.54) is 19.3 Å². The predicted molar refractivity (Wildman–Crippen MR) is 80.9 cm³/mol. The first-order valence-corrected chi connectivity index (χ1v) is 7.67. The molecule has 1 aromatic rings. The van der Waals surface area contributed by atoms with Crippen molar-refractivity contribution in [3.8, 4) is 0 Å². The molecule has 0 aliphatic heterocycles. The van der Waals surface area contributed by atoms with Gasteiger partial charge in [-0.3, -0.25) is 4.79 Å². The molecule has 1 aliphatic rings. The molecule has 3 nitrogen and oxygen atoms in total. The monoisotopic (exact) mass is 324 g/mol. The Balaban J connectivity index is 1.79. The topological polar surface area (TPSA) is 55.1 Å². The fraction of sp³-hybridized carbons (Fsp3) is 0.533. The van der Waals surface area contributed by atoms with E-state index in [0.29, 0.717) is 13.0 Å². The fourth-order valence-electron chi connectivity index (χ4n) is 2.56. The smallest absolute Gasteiger partial charge is 0.224 e. The van der Waals surface area contributed by atoms with Gasteiger partial charge in [0, 0.05) is 16.6 Å². The lowest BCUT2D eigenvalue weighted by molar-refractivity contribution is -0.120. The molecule has 0 atom stereocenters. The molecule has 0 saturated heterocycles. The third-order valence-electron chi connectivity index (χ3n) is 3.76. The van der Waals surface area contributed by atoms with E-state index >= 15 is 0 Å².